The van der Waals surface area contributed by atoms with Crippen LogP contribution in [0.2, 0.25) is 0 Å². The van der Waals surface area contributed by atoms with E-state index in [-0.39, 0.29) is 18.3 Å². The molecule has 0 heterocycles. The highest BCUT2D eigenvalue weighted by Gasteiger charge is 2.40. The fraction of sp³-hybridized carbons (Fsp3) is 0.333. The fourth-order valence-corrected chi connectivity index (χ4v) is 3.81. The van der Waals surface area contributed by atoms with Crippen LogP contribution in [0.1, 0.15) is 43.9 Å². The van der Waals surface area contributed by atoms with Crippen LogP contribution in [0.3, 0.4) is 0 Å². The second-order valence-electron chi connectivity index (χ2n) is 7.43. The summed E-state index contributed by atoms with van der Waals surface area (Å²) in [5.74, 6) is -0.491. The Labute approximate surface area is 166 Å². The molecule has 0 bridgehead atoms. The molecule has 1 atom stereocenters. The molecule has 1 N–H and O–H groups in total. The smallest absolute Gasteiger partial charge is 0.336 e. The second-order valence-corrected chi connectivity index (χ2v) is 7.43. The summed E-state index contributed by atoms with van der Waals surface area (Å²) in [4.78, 5) is 25.7. The van der Waals surface area contributed by atoms with Crippen molar-refractivity contribution in [2.45, 2.75) is 40.0 Å². The highest BCUT2D eigenvalue weighted by Crippen LogP contribution is 2.44. The molecule has 1 aliphatic rings. The van der Waals surface area contributed by atoms with Gasteiger partial charge in [-0.2, -0.15) is 0 Å². The lowest BCUT2D eigenvalue weighted by Gasteiger charge is -2.37. The van der Waals surface area contributed by atoms with E-state index in [0.29, 0.717) is 17.9 Å². The summed E-state index contributed by atoms with van der Waals surface area (Å²) in [6, 6.07) is 17.5. The lowest BCUT2D eigenvalue weighted by Crippen LogP contribution is -2.37. The molecule has 146 valence electrons. The average Bonchev–Trinajstić information content (AvgIpc) is 2.68. The van der Waals surface area contributed by atoms with E-state index >= 15 is 0 Å². The number of esters is 1. The number of rotatable bonds is 6. The molecule has 2 aromatic carbocycles. The van der Waals surface area contributed by atoms with Crippen LogP contribution < -0.4 is 5.32 Å². The summed E-state index contributed by atoms with van der Waals surface area (Å²) >= 11 is 0. The van der Waals surface area contributed by atoms with Gasteiger partial charge in [-0.15, -0.1) is 0 Å². The molecule has 28 heavy (non-hydrogen) atoms. The summed E-state index contributed by atoms with van der Waals surface area (Å²) in [5, 5.41) is 3.04. The Morgan fingerprint density at radius 2 is 1.71 bits per heavy atom. The molecular formula is C24H27NO3. The van der Waals surface area contributed by atoms with E-state index in [0.717, 1.165) is 29.5 Å². The van der Waals surface area contributed by atoms with Gasteiger partial charge in [0.2, 0.25) is 5.91 Å². The largest absolute Gasteiger partial charge is 0.463 e. The molecule has 0 aromatic heterocycles. The minimum absolute atomic E-state index is 0.141. The number of carbonyl (C=O) groups is 2. The first-order valence-corrected chi connectivity index (χ1v) is 9.82. The molecule has 1 aliphatic carbocycles. The summed E-state index contributed by atoms with van der Waals surface area (Å²) in [7, 11) is 0. The molecule has 0 saturated carbocycles. The van der Waals surface area contributed by atoms with Gasteiger partial charge in [0.05, 0.1) is 24.3 Å². The third kappa shape index (κ3) is 4.01. The van der Waals surface area contributed by atoms with E-state index in [1.165, 1.54) is 0 Å². The van der Waals surface area contributed by atoms with E-state index in [9.17, 15) is 9.59 Å². The molecule has 0 aliphatic heterocycles. The van der Waals surface area contributed by atoms with Crippen LogP contribution in [0.25, 0.3) is 5.70 Å². The Kier molecular flexibility index (Phi) is 5.98. The van der Waals surface area contributed by atoms with Crippen LogP contribution >= 0.6 is 0 Å². The Morgan fingerprint density at radius 1 is 1.04 bits per heavy atom. The van der Waals surface area contributed by atoms with Gasteiger partial charge in [0, 0.05) is 11.0 Å². The fourth-order valence-electron chi connectivity index (χ4n) is 3.81. The Morgan fingerprint density at radius 3 is 2.39 bits per heavy atom. The maximum absolute atomic E-state index is 12.9. The average molecular weight is 377 g/mol. The van der Waals surface area contributed by atoms with E-state index in [1.807, 2.05) is 48.5 Å². The van der Waals surface area contributed by atoms with E-state index in [2.05, 4.69) is 25.2 Å². The monoisotopic (exact) mass is 377 g/mol. The van der Waals surface area contributed by atoms with Crippen LogP contribution in [-0.2, 0) is 27.2 Å². The maximum Gasteiger partial charge on any atom is 0.336 e. The predicted molar refractivity (Wildman–Crippen MR) is 110 cm³/mol. The van der Waals surface area contributed by atoms with Crippen LogP contribution in [0, 0.1) is 5.41 Å². The molecular weight excluding hydrogens is 350 g/mol. The molecule has 2 aromatic rings. The van der Waals surface area contributed by atoms with E-state index in [4.69, 9.17) is 4.74 Å². The SMILES string of the molecule is CCOC(=O)C1=C(NC(=O)Cc2ccccc2)c2ccccc2CC1(C)CC. The van der Waals surface area contributed by atoms with Crippen molar-refractivity contribution in [2.24, 2.45) is 5.41 Å². The van der Waals surface area contributed by atoms with E-state index in [1.54, 1.807) is 6.92 Å². The van der Waals surface area contributed by atoms with Gasteiger partial charge in [0.1, 0.15) is 0 Å². The van der Waals surface area contributed by atoms with Crippen LogP contribution in [0.5, 0.6) is 0 Å². The quantitative estimate of drug-likeness (QED) is 0.764. The summed E-state index contributed by atoms with van der Waals surface area (Å²) in [6.45, 7) is 6.23. The predicted octanol–water partition coefficient (Wildman–Crippen LogP) is 4.29. The molecule has 4 nitrogen and oxygen atoms in total. The third-order valence-electron chi connectivity index (χ3n) is 5.45. The van der Waals surface area contributed by atoms with Gasteiger partial charge < -0.3 is 10.1 Å². The number of hydrogen-bond donors (Lipinski definition) is 1. The van der Waals surface area contributed by atoms with Gasteiger partial charge in [-0.05, 0) is 30.9 Å². The first-order chi connectivity index (χ1) is 13.5. The number of hydrogen-bond acceptors (Lipinski definition) is 3. The molecule has 0 fully saturated rings. The number of nitrogens with one attached hydrogen (secondary N) is 1. The van der Waals surface area contributed by atoms with Crippen molar-refractivity contribution >= 4 is 17.6 Å². The molecule has 3 rings (SSSR count). The number of benzene rings is 2. The van der Waals surface area contributed by atoms with Crippen molar-refractivity contribution in [2.75, 3.05) is 6.61 Å². The number of fused-ring (bicyclic) bond motifs is 1. The zero-order valence-corrected chi connectivity index (χ0v) is 16.7. The number of carbonyl (C=O) groups excluding carboxylic acids is 2. The minimum Gasteiger partial charge on any atom is -0.463 e. The maximum atomic E-state index is 12.9. The van der Waals surface area contributed by atoms with Crippen molar-refractivity contribution in [3.63, 3.8) is 0 Å². The Bertz CT molecular complexity index is 901. The Balaban J connectivity index is 2.05. The van der Waals surface area contributed by atoms with Crippen molar-refractivity contribution in [1.82, 2.24) is 5.32 Å². The van der Waals surface area contributed by atoms with Gasteiger partial charge in [0.15, 0.2) is 0 Å². The summed E-state index contributed by atoms with van der Waals surface area (Å²) < 4.78 is 5.38. The first kappa shape index (κ1) is 19.9. The standard InChI is InChI=1S/C24H27NO3/c1-4-24(3)16-18-13-9-10-14-19(18)22(21(24)23(27)28-5-2)25-20(26)15-17-11-7-6-8-12-17/h6-14H,4-5,15-16H2,1-3H3,(H,25,26). The molecule has 0 radical (unpaired) electrons. The zero-order chi connectivity index (χ0) is 20.1. The van der Waals surface area contributed by atoms with Crippen molar-refractivity contribution in [3.8, 4) is 0 Å². The van der Waals surface area contributed by atoms with Gasteiger partial charge in [-0.25, -0.2) is 4.79 Å². The summed E-state index contributed by atoms with van der Waals surface area (Å²) in [6.07, 6.45) is 1.77. The molecule has 1 unspecified atom stereocenters. The summed E-state index contributed by atoms with van der Waals surface area (Å²) in [5.41, 5.74) is 3.73. The van der Waals surface area contributed by atoms with Crippen LogP contribution in [0.15, 0.2) is 60.2 Å². The number of ether oxygens (including phenoxy) is 1. The van der Waals surface area contributed by atoms with Gasteiger partial charge >= 0.3 is 5.97 Å². The minimum atomic E-state index is -0.393. The van der Waals surface area contributed by atoms with Crippen LogP contribution in [-0.4, -0.2) is 18.5 Å². The lowest BCUT2D eigenvalue weighted by molar-refractivity contribution is -0.139. The number of amides is 1. The third-order valence-corrected chi connectivity index (χ3v) is 5.45. The molecule has 4 heteroatoms. The zero-order valence-electron chi connectivity index (χ0n) is 16.7. The van der Waals surface area contributed by atoms with Gasteiger partial charge in [-0.1, -0.05) is 68.4 Å². The highest BCUT2D eigenvalue weighted by atomic mass is 16.5. The van der Waals surface area contributed by atoms with Gasteiger partial charge in [-0.3, -0.25) is 4.79 Å². The lowest BCUT2D eigenvalue weighted by atomic mass is 9.68. The molecule has 0 spiro atoms. The molecule has 0 saturated heterocycles. The van der Waals surface area contributed by atoms with Crippen molar-refractivity contribution < 1.29 is 14.3 Å². The van der Waals surface area contributed by atoms with Crippen LogP contribution in [0.4, 0.5) is 0 Å². The van der Waals surface area contributed by atoms with Gasteiger partial charge in [0.25, 0.3) is 0 Å². The van der Waals surface area contributed by atoms with E-state index < -0.39 is 5.41 Å². The van der Waals surface area contributed by atoms with Crippen molar-refractivity contribution in [1.29, 1.82) is 0 Å². The van der Waals surface area contributed by atoms with Crippen molar-refractivity contribution in [3.05, 3.63) is 76.9 Å². The second kappa shape index (κ2) is 8.42. The Hall–Kier alpha value is -2.88. The first-order valence-electron chi connectivity index (χ1n) is 9.82. The topological polar surface area (TPSA) is 55.4 Å². The normalized spacial score (nSPS) is 18.4. The highest BCUT2D eigenvalue weighted by molar-refractivity contribution is 6.03. The molecule has 1 amide bonds.